The van der Waals surface area contributed by atoms with Crippen molar-refractivity contribution >= 4 is 29.9 Å². The standard InChI is InChI=1S/C16H19F2N3O.HI/c1-19-16(20-9-7-12-4-3-11-22-12)21-10-8-13-14(17)5-2-6-15(13)18;/h2-6,11H,7-10H2,1H3,(H2,19,20,21);1H. The first-order valence-electron chi connectivity index (χ1n) is 7.10. The summed E-state index contributed by atoms with van der Waals surface area (Å²) in [6.07, 6.45) is 2.61. The molecule has 0 atom stereocenters. The minimum Gasteiger partial charge on any atom is -0.469 e. The molecular weight excluding hydrogens is 415 g/mol. The van der Waals surface area contributed by atoms with Crippen LogP contribution in [0.5, 0.6) is 0 Å². The highest BCUT2D eigenvalue weighted by molar-refractivity contribution is 14.0. The zero-order chi connectivity index (χ0) is 15.8. The van der Waals surface area contributed by atoms with Gasteiger partial charge in [-0.05, 0) is 30.7 Å². The monoisotopic (exact) mass is 435 g/mol. The molecule has 2 rings (SSSR count). The summed E-state index contributed by atoms with van der Waals surface area (Å²) < 4.78 is 32.2. The van der Waals surface area contributed by atoms with E-state index in [0.29, 0.717) is 19.0 Å². The molecule has 0 fully saturated rings. The summed E-state index contributed by atoms with van der Waals surface area (Å²) in [6.45, 7) is 1.04. The Morgan fingerprint density at radius 3 is 2.26 bits per heavy atom. The fourth-order valence-electron chi connectivity index (χ4n) is 2.06. The maximum absolute atomic E-state index is 13.5. The normalized spacial score (nSPS) is 11.0. The fourth-order valence-corrected chi connectivity index (χ4v) is 2.06. The molecule has 23 heavy (non-hydrogen) atoms. The molecule has 0 amide bonds. The van der Waals surface area contributed by atoms with Crippen molar-refractivity contribution in [3.8, 4) is 0 Å². The Kier molecular flexibility index (Phi) is 8.60. The molecule has 2 N–H and O–H groups in total. The number of benzene rings is 1. The van der Waals surface area contributed by atoms with Crippen molar-refractivity contribution in [2.24, 2.45) is 4.99 Å². The lowest BCUT2D eigenvalue weighted by Gasteiger charge is -2.12. The summed E-state index contributed by atoms with van der Waals surface area (Å²) in [5.41, 5.74) is 0.0843. The van der Waals surface area contributed by atoms with Gasteiger partial charge in [0.25, 0.3) is 0 Å². The Bertz CT molecular complexity index is 598. The molecule has 0 saturated carbocycles. The molecule has 7 heteroatoms. The van der Waals surface area contributed by atoms with E-state index in [2.05, 4.69) is 15.6 Å². The minimum atomic E-state index is -0.525. The summed E-state index contributed by atoms with van der Waals surface area (Å²) in [4.78, 5) is 4.06. The second-order valence-electron chi connectivity index (χ2n) is 4.71. The van der Waals surface area contributed by atoms with E-state index in [1.165, 1.54) is 18.2 Å². The van der Waals surface area contributed by atoms with Gasteiger partial charge in [0.1, 0.15) is 17.4 Å². The molecule has 1 aromatic heterocycles. The molecule has 126 valence electrons. The van der Waals surface area contributed by atoms with Crippen molar-refractivity contribution in [2.75, 3.05) is 20.1 Å². The van der Waals surface area contributed by atoms with Gasteiger partial charge >= 0.3 is 0 Å². The van der Waals surface area contributed by atoms with Crippen LogP contribution in [0, 0.1) is 11.6 Å². The van der Waals surface area contributed by atoms with Gasteiger partial charge in [-0.25, -0.2) is 8.78 Å². The number of furan rings is 1. The minimum absolute atomic E-state index is 0. The van der Waals surface area contributed by atoms with Crippen LogP contribution in [-0.2, 0) is 12.8 Å². The Balaban J connectivity index is 0.00000264. The molecule has 0 aliphatic carbocycles. The summed E-state index contributed by atoms with van der Waals surface area (Å²) in [7, 11) is 1.64. The molecular formula is C16H20F2IN3O. The van der Waals surface area contributed by atoms with E-state index in [0.717, 1.165) is 12.2 Å². The van der Waals surface area contributed by atoms with Crippen LogP contribution in [0.15, 0.2) is 46.0 Å². The number of hydrogen-bond acceptors (Lipinski definition) is 2. The number of rotatable bonds is 6. The molecule has 0 spiro atoms. The van der Waals surface area contributed by atoms with Crippen molar-refractivity contribution in [2.45, 2.75) is 12.8 Å². The van der Waals surface area contributed by atoms with Gasteiger partial charge in [0, 0.05) is 32.1 Å². The Morgan fingerprint density at radius 1 is 1.04 bits per heavy atom. The highest BCUT2D eigenvalue weighted by Crippen LogP contribution is 2.11. The molecule has 0 aliphatic heterocycles. The molecule has 2 aromatic rings. The van der Waals surface area contributed by atoms with Crippen LogP contribution in [0.2, 0.25) is 0 Å². The van der Waals surface area contributed by atoms with Crippen LogP contribution in [0.4, 0.5) is 8.78 Å². The maximum Gasteiger partial charge on any atom is 0.191 e. The van der Waals surface area contributed by atoms with Crippen LogP contribution in [0.25, 0.3) is 0 Å². The number of nitrogens with one attached hydrogen (secondary N) is 2. The molecule has 0 bridgehead atoms. The summed E-state index contributed by atoms with van der Waals surface area (Å²) >= 11 is 0. The zero-order valence-electron chi connectivity index (χ0n) is 12.8. The largest absolute Gasteiger partial charge is 0.469 e. The van der Waals surface area contributed by atoms with Crippen LogP contribution in [0.1, 0.15) is 11.3 Å². The Morgan fingerprint density at radius 2 is 1.70 bits per heavy atom. The Hall–Kier alpha value is -1.64. The molecule has 4 nitrogen and oxygen atoms in total. The van der Waals surface area contributed by atoms with Gasteiger partial charge in [0.2, 0.25) is 0 Å². The van der Waals surface area contributed by atoms with Crippen molar-refractivity contribution in [1.29, 1.82) is 0 Å². The lowest BCUT2D eigenvalue weighted by molar-refractivity contribution is 0.506. The molecule has 0 aliphatic rings. The summed E-state index contributed by atoms with van der Waals surface area (Å²) in [5, 5.41) is 6.14. The van der Waals surface area contributed by atoms with E-state index in [-0.39, 0.29) is 36.0 Å². The first-order chi connectivity index (χ1) is 10.7. The van der Waals surface area contributed by atoms with E-state index < -0.39 is 11.6 Å². The van der Waals surface area contributed by atoms with E-state index >= 15 is 0 Å². The predicted molar refractivity (Wildman–Crippen MR) is 97.3 cm³/mol. The Labute approximate surface area is 151 Å². The SMILES string of the molecule is CN=C(NCCc1ccco1)NCCc1c(F)cccc1F.I. The first-order valence-corrected chi connectivity index (χ1v) is 7.10. The van der Waals surface area contributed by atoms with Crippen molar-refractivity contribution in [3.05, 3.63) is 59.6 Å². The molecule has 0 saturated heterocycles. The van der Waals surface area contributed by atoms with E-state index in [1.54, 1.807) is 13.3 Å². The summed E-state index contributed by atoms with van der Waals surface area (Å²) in [5.74, 6) is 0.421. The van der Waals surface area contributed by atoms with E-state index in [9.17, 15) is 8.78 Å². The van der Waals surface area contributed by atoms with Crippen LogP contribution in [-0.4, -0.2) is 26.1 Å². The fraction of sp³-hybridized carbons (Fsp3) is 0.312. The number of hydrogen-bond donors (Lipinski definition) is 2. The molecule has 0 unspecified atom stereocenters. The van der Waals surface area contributed by atoms with Crippen molar-refractivity contribution in [1.82, 2.24) is 10.6 Å². The maximum atomic E-state index is 13.5. The van der Waals surface area contributed by atoms with Crippen LogP contribution < -0.4 is 10.6 Å². The predicted octanol–water partition coefficient (Wildman–Crippen LogP) is 3.13. The number of nitrogens with zero attached hydrogens (tertiary/aromatic N) is 1. The van der Waals surface area contributed by atoms with Gasteiger partial charge in [-0.1, -0.05) is 6.07 Å². The lowest BCUT2D eigenvalue weighted by atomic mass is 10.1. The third kappa shape index (κ3) is 6.17. The van der Waals surface area contributed by atoms with Gasteiger partial charge in [-0.2, -0.15) is 0 Å². The van der Waals surface area contributed by atoms with E-state index in [1.807, 2.05) is 12.1 Å². The van der Waals surface area contributed by atoms with Crippen molar-refractivity contribution in [3.63, 3.8) is 0 Å². The second-order valence-corrected chi connectivity index (χ2v) is 4.71. The highest BCUT2D eigenvalue weighted by Gasteiger charge is 2.08. The number of aliphatic imine (C=N–C) groups is 1. The van der Waals surface area contributed by atoms with Crippen LogP contribution >= 0.6 is 24.0 Å². The summed E-state index contributed by atoms with van der Waals surface area (Å²) in [6, 6.07) is 7.62. The van der Waals surface area contributed by atoms with Gasteiger partial charge in [0.15, 0.2) is 5.96 Å². The van der Waals surface area contributed by atoms with Crippen molar-refractivity contribution < 1.29 is 13.2 Å². The molecule has 0 radical (unpaired) electrons. The lowest BCUT2D eigenvalue weighted by Crippen LogP contribution is -2.39. The van der Waals surface area contributed by atoms with Gasteiger partial charge in [-0.15, -0.1) is 24.0 Å². The molecule has 1 aromatic carbocycles. The zero-order valence-corrected chi connectivity index (χ0v) is 15.1. The van der Waals surface area contributed by atoms with Gasteiger partial charge < -0.3 is 15.1 Å². The average Bonchev–Trinajstić information content (AvgIpc) is 3.01. The van der Waals surface area contributed by atoms with Gasteiger partial charge in [0.05, 0.1) is 6.26 Å². The first kappa shape index (κ1) is 19.4. The van der Waals surface area contributed by atoms with Gasteiger partial charge in [-0.3, -0.25) is 4.99 Å². The number of guanidine groups is 1. The highest BCUT2D eigenvalue weighted by atomic mass is 127. The third-order valence-electron chi connectivity index (χ3n) is 3.20. The van der Waals surface area contributed by atoms with E-state index in [4.69, 9.17) is 4.42 Å². The topological polar surface area (TPSA) is 49.6 Å². The number of halogens is 3. The quantitative estimate of drug-likeness (QED) is 0.417. The second kappa shape index (κ2) is 10.2. The van der Waals surface area contributed by atoms with Crippen LogP contribution in [0.3, 0.4) is 0 Å². The smallest absolute Gasteiger partial charge is 0.191 e. The molecule has 1 heterocycles. The average molecular weight is 435 g/mol. The third-order valence-corrected chi connectivity index (χ3v) is 3.20.